The Morgan fingerprint density at radius 3 is 2.52 bits per heavy atom. The summed E-state index contributed by atoms with van der Waals surface area (Å²) in [7, 11) is -0.522. The fourth-order valence-corrected chi connectivity index (χ4v) is 4.19. The van der Waals surface area contributed by atoms with E-state index in [2.05, 4.69) is 20.9 Å². The molecule has 0 bridgehead atoms. The minimum absolute atomic E-state index is 0.176. The van der Waals surface area contributed by atoms with Gasteiger partial charge in [-0.3, -0.25) is 4.79 Å². The van der Waals surface area contributed by atoms with Crippen LogP contribution < -0.4 is 0 Å². The van der Waals surface area contributed by atoms with Gasteiger partial charge in [0.25, 0.3) is 10.0 Å². The molecule has 0 aliphatic carbocycles. The van der Waals surface area contributed by atoms with Crippen molar-refractivity contribution in [2.45, 2.75) is 11.8 Å². The number of benzene rings is 1. The molecule has 27 heavy (non-hydrogen) atoms. The highest BCUT2D eigenvalue weighted by Gasteiger charge is 2.21. The maximum Gasteiger partial charge on any atom is 0.269 e. The highest BCUT2D eigenvalue weighted by atomic mass is 79.9. The Labute approximate surface area is 166 Å². The molecule has 3 rings (SSSR count). The summed E-state index contributed by atoms with van der Waals surface area (Å²) in [6.45, 7) is 1.89. The Kier molecular flexibility index (Phi) is 5.21. The van der Waals surface area contributed by atoms with Gasteiger partial charge in [0, 0.05) is 48.0 Å². The third kappa shape index (κ3) is 3.81. The van der Waals surface area contributed by atoms with Gasteiger partial charge in [-0.2, -0.15) is 0 Å². The molecule has 0 fully saturated rings. The highest BCUT2D eigenvalue weighted by molar-refractivity contribution is 9.10. The van der Waals surface area contributed by atoms with Crippen molar-refractivity contribution >= 4 is 49.0 Å². The maximum atomic E-state index is 13.1. The zero-order chi connectivity index (χ0) is 19.8. The van der Waals surface area contributed by atoms with Crippen molar-refractivity contribution in [1.82, 2.24) is 13.9 Å². The number of amides is 1. The molecule has 0 N–H and O–H groups in total. The molecular weight excluding hydrogens is 430 g/mol. The number of hydrogen-bond donors (Lipinski definition) is 0. The smallest absolute Gasteiger partial charge is 0.269 e. The van der Waals surface area contributed by atoms with Gasteiger partial charge in [-0.15, -0.1) is 0 Å². The Hall–Kier alpha value is -2.45. The average molecular weight is 448 g/mol. The lowest BCUT2D eigenvalue weighted by Gasteiger charge is -2.07. The van der Waals surface area contributed by atoms with Crippen LogP contribution in [0.3, 0.4) is 0 Å². The molecule has 3 aromatic rings. The number of aryl methyl sites for hydroxylation is 1. The number of aromatic nitrogens is 2. The van der Waals surface area contributed by atoms with E-state index in [4.69, 9.17) is 0 Å². The summed E-state index contributed by atoms with van der Waals surface area (Å²) in [4.78, 5) is 17.8. The SMILES string of the molecule is Cc1ccc(S(=O)(=O)n2cc(C=CC(=O)N(C)C)c3cc(Br)cnc32)cc1. The van der Waals surface area contributed by atoms with Crippen LogP contribution in [0.15, 0.2) is 58.2 Å². The molecule has 0 atom stereocenters. The van der Waals surface area contributed by atoms with Gasteiger partial charge in [0.1, 0.15) is 0 Å². The molecule has 140 valence electrons. The second-order valence-electron chi connectivity index (χ2n) is 6.29. The Balaban J connectivity index is 2.19. The van der Waals surface area contributed by atoms with Crippen LogP contribution in [0.25, 0.3) is 17.1 Å². The van der Waals surface area contributed by atoms with Gasteiger partial charge in [0.2, 0.25) is 5.91 Å². The van der Waals surface area contributed by atoms with Crippen LogP contribution in [-0.4, -0.2) is 42.3 Å². The first-order chi connectivity index (χ1) is 12.7. The third-order valence-corrected chi connectivity index (χ3v) is 6.13. The standard InChI is InChI=1S/C19H18BrN3O3S/c1-13-4-7-16(8-5-13)27(25,26)23-12-14(6-9-18(24)22(2)3)17-10-15(20)11-21-19(17)23/h4-12H,1-3H3. The molecule has 2 aromatic heterocycles. The van der Waals surface area contributed by atoms with Gasteiger partial charge in [0.05, 0.1) is 4.90 Å². The minimum Gasteiger partial charge on any atom is -0.345 e. The van der Waals surface area contributed by atoms with Crippen molar-refractivity contribution in [3.8, 4) is 0 Å². The molecule has 0 spiro atoms. The molecule has 8 heteroatoms. The van der Waals surface area contributed by atoms with Gasteiger partial charge >= 0.3 is 0 Å². The molecule has 0 radical (unpaired) electrons. The zero-order valence-corrected chi connectivity index (χ0v) is 17.5. The van der Waals surface area contributed by atoms with E-state index in [1.807, 2.05) is 6.92 Å². The van der Waals surface area contributed by atoms with Gasteiger partial charge in [-0.05, 0) is 47.1 Å². The van der Waals surface area contributed by atoms with E-state index >= 15 is 0 Å². The first-order valence-corrected chi connectivity index (χ1v) is 10.3. The number of fused-ring (bicyclic) bond motifs is 1. The van der Waals surface area contributed by atoms with E-state index in [9.17, 15) is 13.2 Å². The van der Waals surface area contributed by atoms with E-state index in [1.165, 1.54) is 17.2 Å². The fourth-order valence-electron chi connectivity index (χ4n) is 2.53. The highest BCUT2D eigenvalue weighted by Crippen LogP contribution is 2.28. The lowest BCUT2D eigenvalue weighted by molar-refractivity contribution is -0.123. The Morgan fingerprint density at radius 2 is 1.89 bits per heavy atom. The van der Waals surface area contributed by atoms with Crippen molar-refractivity contribution < 1.29 is 13.2 Å². The van der Waals surface area contributed by atoms with Crippen LogP contribution in [0.4, 0.5) is 0 Å². The summed E-state index contributed by atoms with van der Waals surface area (Å²) >= 11 is 3.36. The minimum atomic E-state index is -3.82. The van der Waals surface area contributed by atoms with E-state index in [0.717, 1.165) is 9.54 Å². The summed E-state index contributed by atoms with van der Waals surface area (Å²) < 4.78 is 28.1. The van der Waals surface area contributed by atoms with Crippen molar-refractivity contribution in [3.63, 3.8) is 0 Å². The van der Waals surface area contributed by atoms with E-state index in [0.29, 0.717) is 21.1 Å². The number of carbonyl (C=O) groups excluding carboxylic acids is 1. The molecule has 0 unspecified atom stereocenters. The number of pyridine rings is 1. The van der Waals surface area contributed by atoms with Crippen LogP contribution in [0, 0.1) is 6.92 Å². The lowest BCUT2D eigenvalue weighted by Crippen LogP contribution is -2.18. The van der Waals surface area contributed by atoms with Crippen molar-refractivity contribution in [2.75, 3.05) is 14.1 Å². The van der Waals surface area contributed by atoms with Gasteiger partial charge < -0.3 is 4.90 Å². The number of halogens is 1. The number of likely N-dealkylation sites (N-methyl/N-ethyl adjacent to an activating group) is 1. The molecule has 0 aliphatic rings. The van der Waals surface area contributed by atoms with Gasteiger partial charge in [0.15, 0.2) is 5.65 Å². The van der Waals surface area contributed by atoms with Crippen LogP contribution >= 0.6 is 15.9 Å². The molecule has 0 saturated heterocycles. The Bertz CT molecular complexity index is 1150. The number of nitrogens with zero attached hydrogens (tertiary/aromatic N) is 3. The molecule has 0 aliphatic heterocycles. The second-order valence-corrected chi connectivity index (χ2v) is 9.02. The fraction of sp³-hybridized carbons (Fsp3) is 0.158. The average Bonchev–Trinajstić information content (AvgIpc) is 2.98. The van der Waals surface area contributed by atoms with Crippen molar-refractivity contribution in [1.29, 1.82) is 0 Å². The summed E-state index contributed by atoms with van der Waals surface area (Å²) in [6.07, 6.45) is 6.03. The first kappa shape index (κ1) is 19.3. The molecule has 0 saturated carbocycles. The summed E-state index contributed by atoms with van der Waals surface area (Å²) in [6, 6.07) is 8.42. The second kappa shape index (κ2) is 7.28. The zero-order valence-electron chi connectivity index (χ0n) is 15.0. The van der Waals surface area contributed by atoms with Crippen LogP contribution in [0.1, 0.15) is 11.1 Å². The summed E-state index contributed by atoms with van der Waals surface area (Å²) in [5.74, 6) is -0.194. The molecular formula is C19H18BrN3O3S. The largest absolute Gasteiger partial charge is 0.345 e. The molecule has 6 nitrogen and oxygen atoms in total. The van der Waals surface area contributed by atoms with Gasteiger partial charge in [-0.25, -0.2) is 17.4 Å². The third-order valence-electron chi connectivity index (χ3n) is 4.03. The van der Waals surface area contributed by atoms with Gasteiger partial charge in [-0.1, -0.05) is 17.7 Å². The number of carbonyl (C=O) groups is 1. The van der Waals surface area contributed by atoms with Crippen LogP contribution in [0.5, 0.6) is 0 Å². The predicted octanol–water partition coefficient (Wildman–Crippen LogP) is 3.45. The summed E-state index contributed by atoms with van der Waals surface area (Å²) in [5.41, 5.74) is 1.86. The number of hydrogen-bond acceptors (Lipinski definition) is 4. The van der Waals surface area contributed by atoms with E-state index in [-0.39, 0.29) is 10.8 Å². The van der Waals surface area contributed by atoms with E-state index < -0.39 is 10.0 Å². The topological polar surface area (TPSA) is 72.3 Å². The molecule has 1 amide bonds. The maximum absolute atomic E-state index is 13.1. The molecule has 2 heterocycles. The quantitative estimate of drug-likeness (QED) is 0.574. The van der Waals surface area contributed by atoms with Crippen LogP contribution in [0.2, 0.25) is 0 Å². The monoisotopic (exact) mass is 447 g/mol. The van der Waals surface area contributed by atoms with Crippen molar-refractivity contribution in [3.05, 3.63) is 64.4 Å². The van der Waals surface area contributed by atoms with Crippen LogP contribution in [-0.2, 0) is 14.8 Å². The first-order valence-electron chi connectivity index (χ1n) is 8.08. The lowest BCUT2D eigenvalue weighted by atomic mass is 10.2. The van der Waals surface area contributed by atoms with E-state index in [1.54, 1.807) is 56.7 Å². The normalized spacial score (nSPS) is 12.0. The Morgan fingerprint density at radius 1 is 1.22 bits per heavy atom. The predicted molar refractivity (Wildman–Crippen MR) is 109 cm³/mol. The van der Waals surface area contributed by atoms with Crippen molar-refractivity contribution in [2.24, 2.45) is 0 Å². The summed E-state index contributed by atoms with van der Waals surface area (Å²) in [5, 5.41) is 0.628. The number of rotatable bonds is 4. The molecule has 1 aromatic carbocycles.